The van der Waals surface area contributed by atoms with E-state index in [4.69, 9.17) is 0 Å². The molecule has 60 valence electrons. The highest BCUT2D eigenvalue weighted by molar-refractivity contribution is 5.80. The van der Waals surface area contributed by atoms with E-state index in [1.165, 1.54) is 35.9 Å². The molecule has 1 aliphatic rings. The van der Waals surface area contributed by atoms with Gasteiger partial charge in [-0.2, -0.15) is 0 Å². The van der Waals surface area contributed by atoms with Crippen LogP contribution >= 0.6 is 0 Å². The summed E-state index contributed by atoms with van der Waals surface area (Å²) in [6.45, 7) is 0. The third kappa shape index (κ3) is 0.656. The van der Waals surface area contributed by atoms with Gasteiger partial charge in [0, 0.05) is 17.3 Å². The summed E-state index contributed by atoms with van der Waals surface area (Å²) >= 11 is 0. The minimum absolute atomic E-state index is 0.995. The van der Waals surface area contributed by atoms with Crippen LogP contribution in [0, 0.1) is 0 Å². The maximum atomic E-state index is 4.18. The quantitative estimate of drug-likeness (QED) is 0.632. The van der Waals surface area contributed by atoms with E-state index in [0.29, 0.717) is 0 Å². The van der Waals surface area contributed by atoms with Gasteiger partial charge in [-0.3, -0.25) is 0 Å². The van der Waals surface area contributed by atoms with Crippen LogP contribution in [0.2, 0.25) is 0 Å². The van der Waals surface area contributed by atoms with E-state index in [1.807, 2.05) is 6.20 Å². The lowest BCUT2D eigenvalue weighted by molar-refractivity contribution is 0.896. The Hall–Kier alpha value is -1.38. The summed E-state index contributed by atoms with van der Waals surface area (Å²) in [5.41, 5.74) is 3.80. The van der Waals surface area contributed by atoms with Gasteiger partial charge >= 0.3 is 0 Å². The van der Waals surface area contributed by atoms with Crippen LogP contribution in [0.25, 0.3) is 11.0 Å². The van der Waals surface area contributed by atoms with Crippen molar-refractivity contribution in [1.82, 2.24) is 15.0 Å². The molecule has 3 heteroatoms. The van der Waals surface area contributed by atoms with Gasteiger partial charge in [0.05, 0.1) is 0 Å². The normalized spacial score (nSPS) is 15.3. The van der Waals surface area contributed by atoms with Crippen LogP contribution in [0.15, 0.2) is 12.5 Å². The number of rotatable bonds is 0. The van der Waals surface area contributed by atoms with E-state index in [1.54, 1.807) is 6.33 Å². The van der Waals surface area contributed by atoms with Gasteiger partial charge in [0.1, 0.15) is 12.0 Å². The number of hydrogen-bond acceptors (Lipinski definition) is 2. The third-order valence-corrected chi connectivity index (χ3v) is 2.52. The minimum Gasteiger partial charge on any atom is -0.343 e. The molecule has 3 rings (SSSR count). The van der Waals surface area contributed by atoms with Crippen LogP contribution in [0.3, 0.4) is 0 Å². The van der Waals surface area contributed by atoms with Crippen molar-refractivity contribution in [3.05, 3.63) is 23.8 Å². The van der Waals surface area contributed by atoms with Crippen molar-refractivity contribution >= 4 is 11.0 Å². The van der Waals surface area contributed by atoms with Crippen molar-refractivity contribution in [2.24, 2.45) is 0 Å². The first kappa shape index (κ1) is 6.17. The molecular weight excluding hydrogens is 150 g/mol. The van der Waals surface area contributed by atoms with Crippen molar-refractivity contribution < 1.29 is 0 Å². The molecule has 1 aliphatic carbocycles. The van der Waals surface area contributed by atoms with Gasteiger partial charge < -0.3 is 4.98 Å². The summed E-state index contributed by atoms with van der Waals surface area (Å²) in [5, 5.41) is 1.21. The second kappa shape index (κ2) is 2.06. The van der Waals surface area contributed by atoms with Gasteiger partial charge in [0.2, 0.25) is 0 Å². The highest BCUT2D eigenvalue weighted by Crippen LogP contribution is 2.27. The zero-order valence-corrected chi connectivity index (χ0v) is 6.67. The SMILES string of the molecule is c1ncc2c3c([nH]c2n1)CCC3. The van der Waals surface area contributed by atoms with Gasteiger partial charge in [-0.25, -0.2) is 9.97 Å². The number of nitrogens with zero attached hydrogens (tertiary/aromatic N) is 2. The van der Waals surface area contributed by atoms with E-state index in [2.05, 4.69) is 15.0 Å². The van der Waals surface area contributed by atoms with Gasteiger partial charge in [-0.1, -0.05) is 0 Å². The molecule has 2 aromatic rings. The molecule has 3 nitrogen and oxygen atoms in total. The Bertz CT molecular complexity index is 430. The van der Waals surface area contributed by atoms with E-state index in [0.717, 1.165) is 5.65 Å². The third-order valence-electron chi connectivity index (χ3n) is 2.52. The van der Waals surface area contributed by atoms with E-state index < -0.39 is 0 Å². The monoisotopic (exact) mass is 159 g/mol. The molecule has 0 bridgehead atoms. The zero-order chi connectivity index (χ0) is 7.97. The first-order valence-electron chi connectivity index (χ1n) is 4.24. The maximum absolute atomic E-state index is 4.18. The van der Waals surface area contributed by atoms with Crippen LogP contribution in [-0.4, -0.2) is 15.0 Å². The molecule has 0 radical (unpaired) electrons. The standard InChI is InChI=1S/C9H9N3/c1-2-6-7-4-10-5-11-9(7)12-8(6)3-1/h4-5H,1-3H2,(H,10,11,12). The average molecular weight is 159 g/mol. The Morgan fingerprint density at radius 2 is 2.33 bits per heavy atom. The fourth-order valence-corrected chi connectivity index (χ4v) is 1.97. The summed E-state index contributed by atoms with van der Waals surface area (Å²) in [4.78, 5) is 11.5. The number of aromatic nitrogens is 3. The number of aryl methyl sites for hydroxylation is 2. The summed E-state index contributed by atoms with van der Waals surface area (Å²) < 4.78 is 0. The van der Waals surface area contributed by atoms with E-state index in [9.17, 15) is 0 Å². The molecule has 0 unspecified atom stereocenters. The number of nitrogens with one attached hydrogen (secondary N) is 1. The lowest BCUT2D eigenvalue weighted by Gasteiger charge is -1.89. The Balaban J connectivity index is 2.44. The number of fused-ring (bicyclic) bond motifs is 3. The number of aromatic amines is 1. The highest BCUT2D eigenvalue weighted by Gasteiger charge is 2.16. The van der Waals surface area contributed by atoms with E-state index >= 15 is 0 Å². The van der Waals surface area contributed by atoms with Gasteiger partial charge in [0.15, 0.2) is 0 Å². The smallest absolute Gasteiger partial charge is 0.141 e. The second-order valence-electron chi connectivity index (χ2n) is 3.22. The molecule has 1 N–H and O–H groups in total. The average Bonchev–Trinajstić information content (AvgIpc) is 2.62. The first-order valence-corrected chi connectivity index (χ1v) is 4.24. The largest absolute Gasteiger partial charge is 0.343 e. The Morgan fingerprint density at radius 3 is 3.33 bits per heavy atom. The molecule has 0 atom stereocenters. The molecule has 0 spiro atoms. The molecule has 0 aliphatic heterocycles. The molecular formula is C9H9N3. The highest BCUT2D eigenvalue weighted by atomic mass is 14.9. The Morgan fingerprint density at radius 1 is 1.33 bits per heavy atom. The van der Waals surface area contributed by atoms with Crippen molar-refractivity contribution in [2.75, 3.05) is 0 Å². The molecule has 2 aromatic heterocycles. The predicted molar refractivity (Wildman–Crippen MR) is 45.9 cm³/mol. The lowest BCUT2D eigenvalue weighted by Crippen LogP contribution is -1.81. The maximum Gasteiger partial charge on any atom is 0.141 e. The van der Waals surface area contributed by atoms with Crippen molar-refractivity contribution in [3.63, 3.8) is 0 Å². The molecule has 2 heterocycles. The van der Waals surface area contributed by atoms with Crippen molar-refractivity contribution in [1.29, 1.82) is 0 Å². The summed E-state index contributed by atoms with van der Waals surface area (Å²) in [6.07, 6.45) is 7.12. The van der Waals surface area contributed by atoms with Crippen LogP contribution in [0.5, 0.6) is 0 Å². The molecule has 0 amide bonds. The van der Waals surface area contributed by atoms with Gasteiger partial charge in [-0.05, 0) is 24.8 Å². The Kier molecular flexibility index (Phi) is 1.06. The topological polar surface area (TPSA) is 41.6 Å². The van der Waals surface area contributed by atoms with Crippen LogP contribution in [-0.2, 0) is 12.8 Å². The Labute approximate surface area is 69.9 Å². The fraction of sp³-hybridized carbons (Fsp3) is 0.333. The van der Waals surface area contributed by atoms with Crippen molar-refractivity contribution in [2.45, 2.75) is 19.3 Å². The predicted octanol–water partition coefficient (Wildman–Crippen LogP) is 1.45. The number of H-pyrrole nitrogens is 1. The van der Waals surface area contributed by atoms with E-state index in [-0.39, 0.29) is 0 Å². The minimum atomic E-state index is 0.995. The summed E-state index contributed by atoms with van der Waals surface area (Å²) in [5.74, 6) is 0. The van der Waals surface area contributed by atoms with Crippen LogP contribution in [0.1, 0.15) is 17.7 Å². The summed E-state index contributed by atoms with van der Waals surface area (Å²) in [7, 11) is 0. The fourth-order valence-electron chi connectivity index (χ4n) is 1.97. The van der Waals surface area contributed by atoms with Gasteiger partial charge in [-0.15, -0.1) is 0 Å². The molecule has 12 heavy (non-hydrogen) atoms. The molecule has 0 aromatic carbocycles. The molecule has 0 fully saturated rings. The van der Waals surface area contributed by atoms with Gasteiger partial charge in [0.25, 0.3) is 0 Å². The molecule has 0 saturated heterocycles. The van der Waals surface area contributed by atoms with Crippen molar-refractivity contribution in [3.8, 4) is 0 Å². The first-order chi connectivity index (χ1) is 5.95. The number of hydrogen-bond donors (Lipinski definition) is 1. The second-order valence-corrected chi connectivity index (χ2v) is 3.22. The van der Waals surface area contributed by atoms with Crippen LogP contribution < -0.4 is 0 Å². The molecule has 0 saturated carbocycles. The van der Waals surface area contributed by atoms with Crippen LogP contribution in [0.4, 0.5) is 0 Å². The lowest BCUT2D eigenvalue weighted by atomic mass is 10.2. The zero-order valence-electron chi connectivity index (χ0n) is 6.67. The summed E-state index contributed by atoms with van der Waals surface area (Å²) in [6, 6.07) is 0.